The molecule has 0 bridgehead atoms. The number of nitrogens with two attached hydrogens (primary N) is 1. The smallest absolute Gasteiger partial charge is 0.0546 e. The van der Waals surface area contributed by atoms with Crippen LogP contribution in [0.3, 0.4) is 0 Å². The molecule has 1 rings (SSSR count). The van der Waals surface area contributed by atoms with E-state index >= 15 is 0 Å². The minimum atomic E-state index is 0.192. The third kappa shape index (κ3) is 4.57. The number of nitrogens with zero attached hydrogens (tertiary/aromatic N) is 1. The average Bonchev–Trinajstić information content (AvgIpc) is 2.29. The summed E-state index contributed by atoms with van der Waals surface area (Å²) < 4.78 is 5.66. The van der Waals surface area contributed by atoms with Gasteiger partial charge in [0.2, 0.25) is 0 Å². The predicted molar refractivity (Wildman–Crippen MR) is 73.1 cm³/mol. The zero-order valence-electron chi connectivity index (χ0n) is 12.0. The maximum atomic E-state index is 6.01. The SMILES string of the molecule is CC(C)CN(CC1(CN)CCCOC1)C(C)C. The second-order valence-electron chi connectivity index (χ2n) is 6.28. The molecule has 0 aromatic rings. The Labute approximate surface area is 107 Å². The molecule has 102 valence electrons. The molecule has 3 nitrogen and oxygen atoms in total. The van der Waals surface area contributed by atoms with Gasteiger partial charge in [0.15, 0.2) is 0 Å². The summed E-state index contributed by atoms with van der Waals surface area (Å²) in [5, 5.41) is 0. The molecular weight excluding hydrogens is 212 g/mol. The van der Waals surface area contributed by atoms with Crippen molar-refractivity contribution in [1.82, 2.24) is 4.90 Å². The number of ether oxygens (including phenoxy) is 1. The van der Waals surface area contributed by atoms with Crippen LogP contribution in [0.1, 0.15) is 40.5 Å². The third-order valence-electron chi connectivity index (χ3n) is 3.71. The van der Waals surface area contributed by atoms with E-state index in [0.717, 1.165) is 39.3 Å². The van der Waals surface area contributed by atoms with Crippen molar-refractivity contribution in [2.24, 2.45) is 17.1 Å². The van der Waals surface area contributed by atoms with Crippen molar-refractivity contribution >= 4 is 0 Å². The maximum absolute atomic E-state index is 6.01. The van der Waals surface area contributed by atoms with Gasteiger partial charge in [-0.3, -0.25) is 4.90 Å². The van der Waals surface area contributed by atoms with Gasteiger partial charge in [-0.15, -0.1) is 0 Å². The van der Waals surface area contributed by atoms with Gasteiger partial charge in [-0.05, 0) is 32.6 Å². The lowest BCUT2D eigenvalue weighted by molar-refractivity contribution is -0.0283. The summed E-state index contributed by atoms with van der Waals surface area (Å²) >= 11 is 0. The monoisotopic (exact) mass is 242 g/mol. The Morgan fingerprint density at radius 2 is 2.00 bits per heavy atom. The van der Waals surface area contributed by atoms with Crippen LogP contribution >= 0.6 is 0 Å². The van der Waals surface area contributed by atoms with Crippen LogP contribution in [-0.2, 0) is 4.74 Å². The molecule has 17 heavy (non-hydrogen) atoms. The molecule has 1 saturated heterocycles. The van der Waals surface area contributed by atoms with Crippen LogP contribution in [0.5, 0.6) is 0 Å². The summed E-state index contributed by atoms with van der Waals surface area (Å²) in [6.45, 7) is 13.8. The Hall–Kier alpha value is -0.120. The quantitative estimate of drug-likeness (QED) is 0.775. The zero-order valence-corrected chi connectivity index (χ0v) is 12.0. The van der Waals surface area contributed by atoms with Crippen molar-refractivity contribution in [3.63, 3.8) is 0 Å². The molecule has 1 aliphatic heterocycles. The first-order valence-corrected chi connectivity index (χ1v) is 7.01. The number of hydrogen-bond acceptors (Lipinski definition) is 3. The Balaban J connectivity index is 2.62. The van der Waals surface area contributed by atoms with Crippen LogP contribution in [0.25, 0.3) is 0 Å². The molecule has 0 spiro atoms. The normalized spacial score (nSPS) is 26.1. The Bertz CT molecular complexity index is 210. The lowest BCUT2D eigenvalue weighted by Gasteiger charge is -2.42. The Morgan fingerprint density at radius 1 is 1.29 bits per heavy atom. The molecule has 0 saturated carbocycles. The van der Waals surface area contributed by atoms with Crippen molar-refractivity contribution in [2.75, 3.05) is 32.8 Å². The first-order valence-electron chi connectivity index (χ1n) is 7.01. The summed E-state index contributed by atoms with van der Waals surface area (Å²) in [5.74, 6) is 0.705. The van der Waals surface area contributed by atoms with Gasteiger partial charge in [0.25, 0.3) is 0 Å². The fraction of sp³-hybridized carbons (Fsp3) is 1.00. The van der Waals surface area contributed by atoms with E-state index in [4.69, 9.17) is 10.5 Å². The fourth-order valence-electron chi connectivity index (χ4n) is 2.62. The van der Waals surface area contributed by atoms with Gasteiger partial charge < -0.3 is 10.5 Å². The van der Waals surface area contributed by atoms with Gasteiger partial charge in [0, 0.05) is 37.7 Å². The summed E-state index contributed by atoms with van der Waals surface area (Å²) in [7, 11) is 0. The average molecular weight is 242 g/mol. The largest absolute Gasteiger partial charge is 0.381 e. The fourth-order valence-corrected chi connectivity index (χ4v) is 2.62. The van der Waals surface area contributed by atoms with Crippen LogP contribution in [-0.4, -0.2) is 43.8 Å². The summed E-state index contributed by atoms with van der Waals surface area (Å²) in [5.41, 5.74) is 6.20. The van der Waals surface area contributed by atoms with Crippen molar-refractivity contribution < 1.29 is 4.74 Å². The van der Waals surface area contributed by atoms with Gasteiger partial charge >= 0.3 is 0 Å². The molecule has 0 radical (unpaired) electrons. The first kappa shape index (κ1) is 14.9. The maximum Gasteiger partial charge on any atom is 0.0546 e. The second-order valence-corrected chi connectivity index (χ2v) is 6.28. The highest BCUT2D eigenvalue weighted by molar-refractivity contribution is 4.87. The van der Waals surface area contributed by atoms with Crippen LogP contribution in [0.2, 0.25) is 0 Å². The van der Waals surface area contributed by atoms with Crippen LogP contribution in [0.4, 0.5) is 0 Å². The van der Waals surface area contributed by atoms with Crippen molar-refractivity contribution in [2.45, 2.75) is 46.6 Å². The highest BCUT2D eigenvalue weighted by atomic mass is 16.5. The van der Waals surface area contributed by atoms with Gasteiger partial charge in [0.05, 0.1) is 6.61 Å². The second kappa shape index (κ2) is 6.72. The summed E-state index contributed by atoms with van der Waals surface area (Å²) in [6, 6.07) is 0.586. The Kier molecular flexibility index (Phi) is 5.90. The van der Waals surface area contributed by atoms with Gasteiger partial charge in [-0.25, -0.2) is 0 Å². The molecule has 2 N–H and O–H groups in total. The highest BCUT2D eigenvalue weighted by Gasteiger charge is 2.34. The Morgan fingerprint density at radius 3 is 2.41 bits per heavy atom. The summed E-state index contributed by atoms with van der Waals surface area (Å²) in [6.07, 6.45) is 2.37. The van der Waals surface area contributed by atoms with Gasteiger partial charge in [-0.2, -0.15) is 0 Å². The van der Waals surface area contributed by atoms with E-state index in [0.29, 0.717) is 12.0 Å². The molecule has 1 unspecified atom stereocenters. The van der Waals surface area contributed by atoms with E-state index in [9.17, 15) is 0 Å². The van der Waals surface area contributed by atoms with E-state index in [1.807, 2.05) is 0 Å². The number of hydrogen-bond donors (Lipinski definition) is 1. The zero-order chi connectivity index (χ0) is 12.9. The predicted octanol–water partition coefficient (Wildman–Crippen LogP) is 2.11. The van der Waals surface area contributed by atoms with Gasteiger partial charge in [0.1, 0.15) is 0 Å². The molecule has 0 amide bonds. The topological polar surface area (TPSA) is 38.5 Å². The molecule has 0 aromatic heterocycles. The van der Waals surface area contributed by atoms with Crippen LogP contribution in [0.15, 0.2) is 0 Å². The number of rotatable bonds is 6. The van der Waals surface area contributed by atoms with E-state index in [-0.39, 0.29) is 5.41 Å². The minimum Gasteiger partial charge on any atom is -0.381 e. The molecular formula is C14H30N2O. The molecule has 1 fully saturated rings. The molecule has 3 heteroatoms. The first-order chi connectivity index (χ1) is 7.99. The van der Waals surface area contributed by atoms with E-state index in [2.05, 4.69) is 32.6 Å². The van der Waals surface area contributed by atoms with Crippen molar-refractivity contribution in [3.05, 3.63) is 0 Å². The molecule has 1 aliphatic rings. The third-order valence-corrected chi connectivity index (χ3v) is 3.71. The highest BCUT2D eigenvalue weighted by Crippen LogP contribution is 2.29. The van der Waals surface area contributed by atoms with Gasteiger partial charge in [-0.1, -0.05) is 13.8 Å². The lowest BCUT2D eigenvalue weighted by atomic mass is 9.81. The lowest BCUT2D eigenvalue weighted by Crippen LogP contribution is -2.50. The van der Waals surface area contributed by atoms with E-state index < -0.39 is 0 Å². The molecule has 1 heterocycles. The van der Waals surface area contributed by atoms with E-state index in [1.54, 1.807) is 0 Å². The molecule has 0 aliphatic carbocycles. The molecule has 1 atom stereocenters. The molecule has 0 aromatic carbocycles. The van der Waals surface area contributed by atoms with Crippen molar-refractivity contribution in [1.29, 1.82) is 0 Å². The standard InChI is InChI=1S/C14H30N2O/c1-12(2)8-16(13(3)4)10-14(9-15)6-5-7-17-11-14/h12-13H,5-11,15H2,1-4H3. The van der Waals surface area contributed by atoms with E-state index in [1.165, 1.54) is 6.42 Å². The minimum absolute atomic E-state index is 0.192. The summed E-state index contributed by atoms with van der Waals surface area (Å²) in [4.78, 5) is 2.56. The van der Waals surface area contributed by atoms with Crippen LogP contribution < -0.4 is 5.73 Å². The van der Waals surface area contributed by atoms with Crippen molar-refractivity contribution in [3.8, 4) is 0 Å². The van der Waals surface area contributed by atoms with Crippen LogP contribution in [0, 0.1) is 11.3 Å².